The summed E-state index contributed by atoms with van der Waals surface area (Å²) in [6.45, 7) is 5.60. The molecule has 5 heteroatoms. The van der Waals surface area contributed by atoms with Crippen LogP contribution in [0.25, 0.3) is 0 Å². The van der Waals surface area contributed by atoms with E-state index in [0.717, 1.165) is 37.7 Å². The number of H-pyrrole nitrogens is 1. The molecule has 20 heavy (non-hydrogen) atoms. The van der Waals surface area contributed by atoms with Crippen LogP contribution in [0.2, 0.25) is 0 Å². The first-order valence-corrected chi connectivity index (χ1v) is 7.02. The van der Waals surface area contributed by atoms with Crippen molar-refractivity contribution in [2.45, 2.75) is 13.0 Å². The van der Waals surface area contributed by atoms with Gasteiger partial charge in [0.1, 0.15) is 0 Å². The number of para-hydroxylation sites is 2. The van der Waals surface area contributed by atoms with E-state index in [9.17, 15) is 0 Å². The standard InChI is InChI=1S/C15H20N4O/c1-12(13-6-7-16-18-13)17-14-4-2-3-5-15(14)19-8-10-20-11-9-19/h2-7,12,17H,8-11H2,1H3,(H,16,18). The van der Waals surface area contributed by atoms with Crippen molar-refractivity contribution in [2.75, 3.05) is 36.5 Å². The van der Waals surface area contributed by atoms with Gasteiger partial charge in [0.05, 0.1) is 36.3 Å². The first-order valence-electron chi connectivity index (χ1n) is 7.02. The van der Waals surface area contributed by atoms with Crippen LogP contribution in [0, 0.1) is 0 Å². The zero-order chi connectivity index (χ0) is 13.8. The van der Waals surface area contributed by atoms with Crippen LogP contribution in [0.3, 0.4) is 0 Å². The molecule has 0 saturated carbocycles. The molecule has 0 aliphatic carbocycles. The maximum absolute atomic E-state index is 5.43. The van der Waals surface area contributed by atoms with Crippen LogP contribution in [-0.2, 0) is 4.74 Å². The minimum absolute atomic E-state index is 0.194. The zero-order valence-corrected chi connectivity index (χ0v) is 11.7. The molecule has 2 heterocycles. The van der Waals surface area contributed by atoms with E-state index in [1.165, 1.54) is 5.69 Å². The molecule has 1 unspecified atom stereocenters. The summed E-state index contributed by atoms with van der Waals surface area (Å²) in [5, 5.41) is 10.6. The van der Waals surface area contributed by atoms with Gasteiger partial charge in [0.2, 0.25) is 0 Å². The van der Waals surface area contributed by atoms with E-state index in [1.807, 2.05) is 6.07 Å². The van der Waals surface area contributed by atoms with Crippen molar-refractivity contribution in [3.63, 3.8) is 0 Å². The number of nitrogens with zero attached hydrogens (tertiary/aromatic N) is 2. The molecule has 0 bridgehead atoms. The predicted octanol–water partition coefficient (Wildman–Crippen LogP) is 2.42. The first-order chi connectivity index (χ1) is 9.84. The minimum Gasteiger partial charge on any atom is -0.378 e. The third-order valence-corrected chi connectivity index (χ3v) is 3.62. The molecule has 1 aromatic carbocycles. The van der Waals surface area contributed by atoms with Crippen molar-refractivity contribution < 1.29 is 4.74 Å². The highest BCUT2D eigenvalue weighted by Crippen LogP contribution is 2.29. The minimum atomic E-state index is 0.194. The van der Waals surface area contributed by atoms with Gasteiger partial charge in [0, 0.05) is 19.3 Å². The summed E-state index contributed by atoms with van der Waals surface area (Å²) in [5.41, 5.74) is 3.47. The Morgan fingerprint density at radius 1 is 1.25 bits per heavy atom. The molecular weight excluding hydrogens is 252 g/mol. The average molecular weight is 272 g/mol. The molecule has 1 atom stereocenters. The predicted molar refractivity (Wildman–Crippen MR) is 80.1 cm³/mol. The highest BCUT2D eigenvalue weighted by atomic mass is 16.5. The third-order valence-electron chi connectivity index (χ3n) is 3.62. The van der Waals surface area contributed by atoms with Gasteiger partial charge in [-0.3, -0.25) is 5.10 Å². The summed E-state index contributed by atoms with van der Waals surface area (Å²) in [6.07, 6.45) is 1.78. The fourth-order valence-corrected chi connectivity index (χ4v) is 2.49. The van der Waals surface area contributed by atoms with Crippen molar-refractivity contribution in [1.82, 2.24) is 10.2 Å². The number of aromatic amines is 1. The number of aromatic nitrogens is 2. The lowest BCUT2D eigenvalue weighted by atomic mass is 10.2. The number of morpholine rings is 1. The molecule has 106 valence electrons. The van der Waals surface area contributed by atoms with Gasteiger partial charge in [-0.05, 0) is 25.1 Å². The molecular formula is C15H20N4O. The summed E-state index contributed by atoms with van der Waals surface area (Å²) in [7, 11) is 0. The van der Waals surface area contributed by atoms with Gasteiger partial charge in [-0.2, -0.15) is 5.10 Å². The molecule has 1 aliphatic rings. The van der Waals surface area contributed by atoms with E-state index in [0.29, 0.717) is 0 Å². The number of benzene rings is 1. The zero-order valence-electron chi connectivity index (χ0n) is 11.7. The van der Waals surface area contributed by atoms with Crippen molar-refractivity contribution >= 4 is 11.4 Å². The van der Waals surface area contributed by atoms with Crippen LogP contribution in [0.15, 0.2) is 36.5 Å². The second-order valence-corrected chi connectivity index (χ2v) is 4.99. The van der Waals surface area contributed by atoms with Gasteiger partial charge in [-0.15, -0.1) is 0 Å². The van der Waals surface area contributed by atoms with Crippen LogP contribution < -0.4 is 10.2 Å². The van der Waals surface area contributed by atoms with E-state index in [-0.39, 0.29) is 6.04 Å². The van der Waals surface area contributed by atoms with E-state index < -0.39 is 0 Å². The van der Waals surface area contributed by atoms with Crippen molar-refractivity contribution in [3.8, 4) is 0 Å². The van der Waals surface area contributed by atoms with E-state index in [2.05, 4.69) is 51.6 Å². The Kier molecular flexibility index (Phi) is 3.87. The molecule has 1 fully saturated rings. The summed E-state index contributed by atoms with van der Waals surface area (Å²) < 4.78 is 5.43. The van der Waals surface area contributed by atoms with Crippen LogP contribution in [0.5, 0.6) is 0 Å². The molecule has 1 saturated heterocycles. The molecule has 3 rings (SSSR count). The average Bonchev–Trinajstić information content (AvgIpc) is 3.03. The molecule has 0 radical (unpaired) electrons. The highest BCUT2D eigenvalue weighted by molar-refractivity contribution is 5.70. The fraction of sp³-hybridized carbons (Fsp3) is 0.400. The maximum atomic E-state index is 5.43. The lowest BCUT2D eigenvalue weighted by Gasteiger charge is -2.31. The quantitative estimate of drug-likeness (QED) is 0.897. The van der Waals surface area contributed by atoms with Gasteiger partial charge in [-0.1, -0.05) is 12.1 Å². The molecule has 0 amide bonds. The van der Waals surface area contributed by atoms with E-state index >= 15 is 0 Å². The molecule has 2 N–H and O–H groups in total. The van der Waals surface area contributed by atoms with E-state index in [4.69, 9.17) is 4.74 Å². The second-order valence-electron chi connectivity index (χ2n) is 4.99. The Morgan fingerprint density at radius 3 is 2.80 bits per heavy atom. The Balaban J connectivity index is 1.78. The second kappa shape index (κ2) is 5.96. The number of hydrogen-bond donors (Lipinski definition) is 2. The molecule has 1 aliphatic heterocycles. The summed E-state index contributed by atoms with van der Waals surface area (Å²) in [4.78, 5) is 2.37. The number of hydrogen-bond acceptors (Lipinski definition) is 4. The largest absolute Gasteiger partial charge is 0.378 e. The van der Waals surface area contributed by atoms with E-state index in [1.54, 1.807) is 6.20 Å². The lowest BCUT2D eigenvalue weighted by Crippen LogP contribution is -2.36. The Hall–Kier alpha value is -2.01. The molecule has 0 spiro atoms. The first kappa shape index (κ1) is 13.0. The molecule has 2 aromatic rings. The van der Waals surface area contributed by atoms with Crippen molar-refractivity contribution in [1.29, 1.82) is 0 Å². The van der Waals surface area contributed by atoms with Crippen molar-refractivity contribution in [3.05, 3.63) is 42.2 Å². The van der Waals surface area contributed by atoms with Crippen molar-refractivity contribution in [2.24, 2.45) is 0 Å². The van der Waals surface area contributed by atoms with Crippen LogP contribution in [0.4, 0.5) is 11.4 Å². The Labute approximate surface area is 118 Å². The van der Waals surface area contributed by atoms with Gasteiger partial charge in [-0.25, -0.2) is 0 Å². The molecule has 1 aromatic heterocycles. The summed E-state index contributed by atoms with van der Waals surface area (Å²) >= 11 is 0. The van der Waals surface area contributed by atoms with Gasteiger partial charge >= 0.3 is 0 Å². The molecule has 5 nitrogen and oxygen atoms in total. The van der Waals surface area contributed by atoms with Crippen LogP contribution in [-0.4, -0.2) is 36.5 Å². The van der Waals surface area contributed by atoms with Gasteiger partial charge < -0.3 is 15.0 Å². The SMILES string of the molecule is CC(Nc1ccccc1N1CCOCC1)c1ccn[nH]1. The topological polar surface area (TPSA) is 53.2 Å². The fourth-order valence-electron chi connectivity index (χ4n) is 2.49. The number of nitrogens with one attached hydrogen (secondary N) is 2. The normalized spacial score (nSPS) is 16.9. The third kappa shape index (κ3) is 2.77. The number of rotatable bonds is 4. The summed E-state index contributed by atoms with van der Waals surface area (Å²) in [6, 6.07) is 10.6. The summed E-state index contributed by atoms with van der Waals surface area (Å²) in [5.74, 6) is 0. The smallest absolute Gasteiger partial charge is 0.0652 e. The number of anilines is 2. The van der Waals surface area contributed by atoms with Crippen LogP contribution in [0.1, 0.15) is 18.7 Å². The highest BCUT2D eigenvalue weighted by Gasteiger charge is 2.16. The van der Waals surface area contributed by atoms with Gasteiger partial charge in [0.15, 0.2) is 0 Å². The number of ether oxygens (including phenoxy) is 1. The monoisotopic (exact) mass is 272 g/mol. The Bertz CT molecular complexity index is 535. The van der Waals surface area contributed by atoms with Crippen LogP contribution >= 0.6 is 0 Å². The maximum Gasteiger partial charge on any atom is 0.0652 e. The Morgan fingerprint density at radius 2 is 2.05 bits per heavy atom. The van der Waals surface area contributed by atoms with Gasteiger partial charge in [0.25, 0.3) is 0 Å². The lowest BCUT2D eigenvalue weighted by molar-refractivity contribution is 0.123.